The molecule has 6 nitrogen and oxygen atoms in total. The van der Waals surface area contributed by atoms with Gasteiger partial charge in [0.05, 0.1) is 0 Å². The maximum atomic E-state index is 10.6. The number of rotatable bonds is 3. The average Bonchev–Trinajstić information content (AvgIpc) is 2.15. The number of aliphatic hydroxyl groups is 1. The summed E-state index contributed by atoms with van der Waals surface area (Å²) in [4.78, 5) is 7.31. The van der Waals surface area contributed by atoms with E-state index >= 15 is 0 Å². The van der Waals surface area contributed by atoms with E-state index < -0.39 is 15.6 Å². The van der Waals surface area contributed by atoms with Gasteiger partial charge in [0.2, 0.25) is 5.44 Å². The lowest BCUT2D eigenvalue weighted by atomic mass is 10.3. The lowest BCUT2D eigenvalue weighted by molar-refractivity contribution is 0.228. The first-order valence-corrected chi connectivity index (χ1v) is 5.41. The summed E-state index contributed by atoms with van der Waals surface area (Å²) in [5.41, 5.74) is -1.48. The van der Waals surface area contributed by atoms with Gasteiger partial charge in [-0.1, -0.05) is 6.92 Å². The molecule has 0 amide bonds. The van der Waals surface area contributed by atoms with Crippen LogP contribution in [0, 0.1) is 0 Å². The molecule has 1 heterocycles. The highest BCUT2D eigenvalue weighted by Crippen LogP contribution is 2.13. The van der Waals surface area contributed by atoms with Crippen LogP contribution in [0.1, 0.15) is 23.9 Å². The molecule has 0 aliphatic carbocycles. The van der Waals surface area contributed by atoms with E-state index in [1.807, 2.05) is 6.92 Å². The van der Waals surface area contributed by atoms with Crippen LogP contribution in [0.25, 0.3) is 0 Å². The largest absolute Gasteiger partial charge is 0.369 e. The zero-order chi connectivity index (χ0) is 10.8. The van der Waals surface area contributed by atoms with Crippen LogP contribution in [0.15, 0.2) is 12.3 Å². The molecule has 0 fully saturated rings. The molecule has 0 saturated heterocycles. The topological polar surface area (TPSA) is 100 Å². The molecule has 0 aromatic carbocycles. The second-order valence-electron chi connectivity index (χ2n) is 2.63. The Hall–Kier alpha value is -1.05. The normalized spacial score (nSPS) is 13.9. The molecule has 7 heteroatoms. The van der Waals surface area contributed by atoms with Crippen molar-refractivity contribution in [2.24, 2.45) is 0 Å². The van der Waals surface area contributed by atoms with Crippen molar-refractivity contribution in [2.45, 2.75) is 18.8 Å². The molecule has 0 aliphatic heterocycles. The van der Waals surface area contributed by atoms with Gasteiger partial charge in [0.25, 0.3) is 10.1 Å². The third-order valence-corrected chi connectivity index (χ3v) is 2.37. The van der Waals surface area contributed by atoms with Crippen molar-refractivity contribution in [3.05, 3.63) is 23.8 Å². The molecule has 0 spiro atoms. The van der Waals surface area contributed by atoms with Crippen LogP contribution in [0.5, 0.6) is 0 Å². The molecular formula is C7H10N2O4S. The fourth-order valence-corrected chi connectivity index (χ4v) is 1.24. The van der Waals surface area contributed by atoms with Crippen molar-refractivity contribution in [1.29, 1.82) is 0 Å². The van der Waals surface area contributed by atoms with E-state index in [1.165, 1.54) is 6.20 Å². The van der Waals surface area contributed by atoms with Crippen molar-refractivity contribution in [2.75, 3.05) is 0 Å². The van der Waals surface area contributed by atoms with E-state index in [0.29, 0.717) is 12.1 Å². The quantitative estimate of drug-likeness (QED) is 0.688. The maximum absolute atomic E-state index is 10.6. The number of hydrogen-bond acceptors (Lipinski definition) is 5. The SMILES string of the molecule is CCc1ccnc(C(O)S(=O)(=O)O)n1. The predicted molar refractivity (Wildman–Crippen MR) is 47.9 cm³/mol. The van der Waals surface area contributed by atoms with Gasteiger partial charge in [-0.2, -0.15) is 8.42 Å². The van der Waals surface area contributed by atoms with Gasteiger partial charge >= 0.3 is 0 Å². The Labute approximate surface area is 81.4 Å². The summed E-state index contributed by atoms with van der Waals surface area (Å²) in [6.07, 6.45) is 1.92. The van der Waals surface area contributed by atoms with Crippen LogP contribution >= 0.6 is 0 Å². The second kappa shape index (κ2) is 3.99. The number of nitrogens with zero attached hydrogens (tertiary/aromatic N) is 2. The van der Waals surface area contributed by atoms with E-state index in [9.17, 15) is 8.42 Å². The van der Waals surface area contributed by atoms with Crippen molar-refractivity contribution in [3.63, 3.8) is 0 Å². The van der Waals surface area contributed by atoms with E-state index in [1.54, 1.807) is 6.07 Å². The summed E-state index contributed by atoms with van der Waals surface area (Å²) < 4.78 is 29.7. The standard InChI is InChI=1S/C7H10N2O4S/c1-2-5-3-4-8-6(9-5)7(10)14(11,12)13/h3-4,7,10H,2H2,1H3,(H,11,12,13). The van der Waals surface area contributed by atoms with E-state index in [4.69, 9.17) is 9.66 Å². The molecule has 14 heavy (non-hydrogen) atoms. The Bertz CT molecular complexity index is 417. The zero-order valence-corrected chi connectivity index (χ0v) is 8.27. The molecule has 0 radical (unpaired) electrons. The first-order valence-electron chi connectivity index (χ1n) is 3.91. The molecule has 1 aromatic rings. The third-order valence-electron chi connectivity index (χ3n) is 1.60. The van der Waals surface area contributed by atoms with Gasteiger partial charge in [0.15, 0.2) is 5.82 Å². The van der Waals surface area contributed by atoms with Gasteiger partial charge in [0, 0.05) is 11.9 Å². The molecule has 78 valence electrons. The van der Waals surface area contributed by atoms with E-state index in [-0.39, 0.29) is 5.82 Å². The minimum absolute atomic E-state index is 0.313. The summed E-state index contributed by atoms with van der Waals surface area (Å²) >= 11 is 0. The minimum atomic E-state index is -4.55. The van der Waals surface area contributed by atoms with Crippen LogP contribution in [-0.2, 0) is 16.5 Å². The van der Waals surface area contributed by atoms with Crippen LogP contribution in [0.2, 0.25) is 0 Å². The van der Waals surface area contributed by atoms with Gasteiger partial charge in [-0.15, -0.1) is 0 Å². The number of hydrogen-bond donors (Lipinski definition) is 2. The molecule has 1 rings (SSSR count). The Balaban J connectivity index is 3.08. The molecule has 2 N–H and O–H groups in total. The first kappa shape index (κ1) is 11.0. The van der Waals surface area contributed by atoms with E-state index in [2.05, 4.69) is 9.97 Å². The molecular weight excluding hydrogens is 208 g/mol. The number of aromatic nitrogens is 2. The molecule has 1 atom stereocenters. The zero-order valence-electron chi connectivity index (χ0n) is 7.45. The lowest BCUT2D eigenvalue weighted by Crippen LogP contribution is -2.15. The molecule has 0 saturated carbocycles. The van der Waals surface area contributed by atoms with Gasteiger partial charge in [-0.3, -0.25) is 4.55 Å². The predicted octanol–water partition coefficient (Wildman–Crippen LogP) is -0.0823. The van der Waals surface area contributed by atoms with Crippen LogP contribution in [0.4, 0.5) is 0 Å². The second-order valence-corrected chi connectivity index (χ2v) is 4.10. The van der Waals surface area contributed by atoms with Crippen molar-refractivity contribution < 1.29 is 18.1 Å². The summed E-state index contributed by atoms with van der Waals surface area (Å²) in [5, 5.41) is 9.11. The first-order chi connectivity index (χ1) is 6.45. The fourth-order valence-electron chi connectivity index (χ4n) is 0.862. The van der Waals surface area contributed by atoms with Crippen LogP contribution < -0.4 is 0 Å². The highest BCUT2D eigenvalue weighted by molar-refractivity contribution is 7.85. The maximum Gasteiger partial charge on any atom is 0.299 e. The van der Waals surface area contributed by atoms with Gasteiger partial charge in [-0.05, 0) is 12.5 Å². The molecule has 1 unspecified atom stereocenters. The Morgan fingerprint density at radius 2 is 2.21 bits per heavy atom. The minimum Gasteiger partial charge on any atom is -0.369 e. The average molecular weight is 218 g/mol. The van der Waals surface area contributed by atoms with Gasteiger partial charge in [-0.25, -0.2) is 9.97 Å². The summed E-state index contributed by atoms with van der Waals surface area (Å²) in [6.45, 7) is 1.83. The van der Waals surface area contributed by atoms with E-state index in [0.717, 1.165) is 0 Å². The highest BCUT2D eigenvalue weighted by Gasteiger charge is 2.24. The Kier molecular flexibility index (Phi) is 3.14. The van der Waals surface area contributed by atoms with Crippen molar-refractivity contribution >= 4 is 10.1 Å². The van der Waals surface area contributed by atoms with Crippen LogP contribution in [0.3, 0.4) is 0 Å². The van der Waals surface area contributed by atoms with Crippen molar-refractivity contribution in [3.8, 4) is 0 Å². The van der Waals surface area contributed by atoms with Crippen molar-refractivity contribution in [1.82, 2.24) is 9.97 Å². The molecule has 1 aromatic heterocycles. The summed E-state index contributed by atoms with van der Waals surface area (Å²) in [7, 11) is -4.55. The van der Waals surface area contributed by atoms with Gasteiger partial charge in [0.1, 0.15) is 0 Å². The number of aryl methyl sites for hydroxylation is 1. The summed E-state index contributed by atoms with van der Waals surface area (Å²) in [5.74, 6) is -0.313. The van der Waals surface area contributed by atoms with Gasteiger partial charge < -0.3 is 5.11 Å². The summed E-state index contributed by atoms with van der Waals surface area (Å²) in [6, 6.07) is 1.60. The Morgan fingerprint density at radius 3 is 2.71 bits per heavy atom. The monoisotopic (exact) mass is 218 g/mol. The number of aliphatic hydroxyl groups excluding tert-OH is 1. The lowest BCUT2D eigenvalue weighted by Gasteiger charge is -2.05. The van der Waals surface area contributed by atoms with Crippen LogP contribution in [-0.4, -0.2) is 28.0 Å². The third kappa shape index (κ3) is 2.47. The smallest absolute Gasteiger partial charge is 0.299 e. The Morgan fingerprint density at radius 1 is 1.57 bits per heavy atom. The molecule has 0 aliphatic rings. The highest BCUT2D eigenvalue weighted by atomic mass is 32.2. The molecule has 0 bridgehead atoms. The fraction of sp³-hybridized carbons (Fsp3) is 0.429.